The van der Waals surface area contributed by atoms with Crippen molar-refractivity contribution in [3.05, 3.63) is 52.0 Å². The Hall–Kier alpha value is -2.18. The van der Waals surface area contributed by atoms with Crippen molar-refractivity contribution in [2.24, 2.45) is 0 Å². The molecular weight excluding hydrogens is 302 g/mol. The molecule has 6 heteroatoms. The number of hydrogen-bond donors (Lipinski definition) is 2. The third-order valence-electron chi connectivity index (χ3n) is 2.85. The van der Waals surface area contributed by atoms with Crippen LogP contribution in [0.1, 0.15) is 4.88 Å². The Morgan fingerprint density at radius 3 is 2.90 bits per heavy atom. The smallest absolute Gasteiger partial charge is 0.231 e. The van der Waals surface area contributed by atoms with E-state index in [1.54, 1.807) is 11.3 Å². The average molecular weight is 315 g/mol. The highest BCUT2D eigenvalue weighted by Gasteiger charge is 2.09. The second-order valence-electron chi connectivity index (χ2n) is 4.47. The molecule has 0 bridgehead atoms. The lowest BCUT2D eigenvalue weighted by atomic mass is 10.1. The Bertz CT molecular complexity index is 750. The average Bonchev–Trinajstić information content (AvgIpc) is 3.10. The molecule has 0 aliphatic heterocycles. The van der Waals surface area contributed by atoms with E-state index in [1.807, 2.05) is 47.2 Å². The fourth-order valence-electron chi connectivity index (χ4n) is 1.90. The van der Waals surface area contributed by atoms with Crippen molar-refractivity contribution in [3.63, 3.8) is 0 Å². The highest BCUT2D eigenvalue weighted by atomic mass is 32.1. The number of nitrogens with zero attached hydrogens (tertiary/aromatic N) is 1. The molecule has 2 aromatic heterocycles. The number of benzene rings is 1. The summed E-state index contributed by atoms with van der Waals surface area (Å²) in [5.74, 6) is -0.0501. The number of anilines is 2. The first-order chi connectivity index (χ1) is 10.2. The van der Waals surface area contributed by atoms with Crippen LogP contribution in [0, 0.1) is 0 Å². The van der Waals surface area contributed by atoms with Crippen LogP contribution in [-0.2, 0) is 11.2 Å². The van der Waals surface area contributed by atoms with Crippen LogP contribution in [0.5, 0.6) is 0 Å². The van der Waals surface area contributed by atoms with E-state index in [9.17, 15) is 4.79 Å². The van der Waals surface area contributed by atoms with E-state index in [2.05, 4.69) is 10.3 Å². The van der Waals surface area contributed by atoms with E-state index < -0.39 is 0 Å². The van der Waals surface area contributed by atoms with Crippen LogP contribution in [0.15, 0.2) is 47.2 Å². The number of carbonyl (C=O) groups is 1. The van der Waals surface area contributed by atoms with Gasteiger partial charge < -0.3 is 11.1 Å². The van der Waals surface area contributed by atoms with Gasteiger partial charge in [-0.05, 0) is 23.6 Å². The quantitative estimate of drug-likeness (QED) is 0.722. The van der Waals surface area contributed by atoms with E-state index in [1.165, 1.54) is 11.3 Å². The number of thiophene rings is 1. The molecule has 3 N–H and O–H groups in total. The standard InChI is InChI=1S/C15H13N3OS2/c16-11-4-1-3-10(7-11)13-9-21-15(17-13)18-14(19)8-12-5-2-6-20-12/h1-7,9H,8,16H2,(H,17,18,19). The zero-order valence-electron chi connectivity index (χ0n) is 11.1. The van der Waals surface area contributed by atoms with Crippen LogP contribution in [0.4, 0.5) is 10.8 Å². The molecule has 4 nitrogen and oxygen atoms in total. The zero-order chi connectivity index (χ0) is 14.7. The summed E-state index contributed by atoms with van der Waals surface area (Å²) in [7, 11) is 0. The number of nitrogens with one attached hydrogen (secondary N) is 1. The van der Waals surface area contributed by atoms with Gasteiger partial charge >= 0.3 is 0 Å². The van der Waals surface area contributed by atoms with Gasteiger partial charge in [-0.3, -0.25) is 4.79 Å². The van der Waals surface area contributed by atoms with Gasteiger partial charge in [0.25, 0.3) is 0 Å². The Morgan fingerprint density at radius 1 is 1.24 bits per heavy atom. The lowest BCUT2D eigenvalue weighted by molar-refractivity contribution is -0.115. The molecular formula is C15H13N3OS2. The van der Waals surface area contributed by atoms with Crippen molar-refractivity contribution in [2.75, 3.05) is 11.1 Å². The molecule has 3 aromatic rings. The minimum Gasteiger partial charge on any atom is -0.399 e. The van der Waals surface area contributed by atoms with Crippen LogP contribution in [0.3, 0.4) is 0 Å². The predicted molar refractivity (Wildman–Crippen MR) is 88.6 cm³/mol. The maximum Gasteiger partial charge on any atom is 0.231 e. The molecule has 0 atom stereocenters. The van der Waals surface area contributed by atoms with Crippen LogP contribution < -0.4 is 11.1 Å². The van der Waals surface area contributed by atoms with E-state index in [0.717, 1.165) is 16.1 Å². The van der Waals surface area contributed by atoms with Crippen LogP contribution in [-0.4, -0.2) is 10.9 Å². The summed E-state index contributed by atoms with van der Waals surface area (Å²) in [6.07, 6.45) is 0.380. The van der Waals surface area contributed by atoms with Crippen LogP contribution in [0.25, 0.3) is 11.3 Å². The lowest BCUT2D eigenvalue weighted by Gasteiger charge is -2.00. The fourth-order valence-corrected chi connectivity index (χ4v) is 3.34. The van der Waals surface area contributed by atoms with Gasteiger partial charge in [-0.1, -0.05) is 18.2 Å². The molecule has 3 rings (SSSR count). The first kappa shape index (κ1) is 13.8. The third kappa shape index (κ3) is 3.48. The monoisotopic (exact) mass is 315 g/mol. The summed E-state index contributed by atoms with van der Waals surface area (Å²) in [4.78, 5) is 17.4. The minimum atomic E-state index is -0.0501. The van der Waals surface area contributed by atoms with E-state index in [4.69, 9.17) is 5.73 Å². The molecule has 0 unspecified atom stereocenters. The topological polar surface area (TPSA) is 68.0 Å². The SMILES string of the molecule is Nc1cccc(-c2csc(NC(=O)Cc3cccs3)n2)c1. The van der Waals surface area contributed by atoms with Crippen molar-refractivity contribution in [2.45, 2.75) is 6.42 Å². The number of amides is 1. The summed E-state index contributed by atoms with van der Waals surface area (Å²) in [6.45, 7) is 0. The molecule has 0 saturated heterocycles. The second-order valence-corrected chi connectivity index (χ2v) is 6.36. The van der Waals surface area contributed by atoms with Gasteiger partial charge in [0.1, 0.15) is 0 Å². The first-order valence-electron chi connectivity index (χ1n) is 6.34. The number of nitrogen functional groups attached to an aromatic ring is 1. The van der Waals surface area contributed by atoms with E-state index in [-0.39, 0.29) is 5.91 Å². The van der Waals surface area contributed by atoms with Crippen molar-refractivity contribution >= 4 is 39.4 Å². The molecule has 0 radical (unpaired) electrons. The molecule has 1 amide bonds. The first-order valence-corrected chi connectivity index (χ1v) is 8.10. The van der Waals surface area contributed by atoms with Gasteiger partial charge in [0, 0.05) is 21.5 Å². The summed E-state index contributed by atoms with van der Waals surface area (Å²) >= 11 is 2.98. The molecule has 106 valence electrons. The van der Waals surface area contributed by atoms with Gasteiger partial charge in [0.2, 0.25) is 5.91 Å². The Kier molecular flexibility index (Phi) is 3.98. The maximum atomic E-state index is 11.9. The summed E-state index contributed by atoms with van der Waals surface area (Å²) < 4.78 is 0. The Balaban J connectivity index is 1.69. The molecule has 21 heavy (non-hydrogen) atoms. The van der Waals surface area contributed by atoms with Crippen molar-refractivity contribution in [3.8, 4) is 11.3 Å². The maximum absolute atomic E-state index is 11.9. The second kappa shape index (κ2) is 6.07. The molecule has 0 aliphatic carbocycles. The van der Waals surface area contributed by atoms with E-state index >= 15 is 0 Å². The molecule has 2 heterocycles. The van der Waals surface area contributed by atoms with E-state index in [0.29, 0.717) is 17.2 Å². The normalized spacial score (nSPS) is 10.5. The van der Waals surface area contributed by atoms with Crippen molar-refractivity contribution in [1.29, 1.82) is 0 Å². The van der Waals surface area contributed by atoms with Crippen molar-refractivity contribution in [1.82, 2.24) is 4.98 Å². The fraction of sp³-hybridized carbons (Fsp3) is 0.0667. The van der Waals surface area contributed by atoms with Gasteiger partial charge in [0.15, 0.2) is 5.13 Å². The summed E-state index contributed by atoms with van der Waals surface area (Å²) in [5.41, 5.74) is 8.23. The lowest BCUT2D eigenvalue weighted by Crippen LogP contribution is -2.13. The van der Waals surface area contributed by atoms with Gasteiger partial charge in [-0.25, -0.2) is 4.98 Å². The summed E-state index contributed by atoms with van der Waals surface area (Å²) in [6, 6.07) is 11.4. The molecule has 1 aromatic carbocycles. The number of nitrogens with two attached hydrogens (primary N) is 1. The number of carbonyl (C=O) groups excluding carboxylic acids is 1. The van der Waals surface area contributed by atoms with Crippen molar-refractivity contribution < 1.29 is 4.79 Å². The minimum absolute atomic E-state index is 0.0501. The number of aromatic nitrogens is 1. The van der Waals surface area contributed by atoms with Gasteiger partial charge in [0.05, 0.1) is 12.1 Å². The highest BCUT2D eigenvalue weighted by molar-refractivity contribution is 7.14. The Labute approximate surface area is 130 Å². The number of rotatable bonds is 4. The number of thiazole rings is 1. The Morgan fingerprint density at radius 2 is 2.14 bits per heavy atom. The highest BCUT2D eigenvalue weighted by Crippen LogP contribution is 2.26. The molecule has 0 saturated carbocycles. The van der Waals surface area contributed by atoms with Crippen LogP contribution in [0.2, 0.25) is 0 Å². The third-order valence-corrected chi connectivity index (χ3v) is 4.48. The predicted octanol–water partition coefficient (Wildman–Crippen LogP) is 3.64. The molecule has 0 aliphatic rings. The molecule has 0 spiro atoms. The largest absolute Gasteiger partial charge is 0.399 e. The summed E-state index contributed by atoms with van der Waals surface area (Å²) in [5, 5.41) is 7.31. The van der Waals surface area contributed by atoms with Gasteiger partial charge in [-0.2, -0.15) is 0 Å². The van der Waals surface area contributed by atoms with Crippen LogP contribution >= 0.6 is 22.7 Å². The molecule has 0 fully saturated rings. The number of hydrogen-bond acceptors (Lipinski definition) is 5. The zero-order valence-corrected chi connectivity index (χ0v) is 12.7. The van der Waals surface area contributed by atoms with Gasteiger partial charge in [-0.15, -0.1) is 22.7 Å².